The summed E-state index contributed by atoms with van der Waals surface area (Å²) in [5.41, 5.74) is -0.222. The van der Waals surface area contributed by atoms with Crippen molar-refractivity contribution >= 4 is 12.0 Å². The zero-order chi connectivity index (χ0) is 15.2. The lowest BCUT2D eigenvalue weighted by Crippen LogP contribution is -2.51. The number of amides is 2. The van der Waals surface area contributed by atoms with Crippen LogP contribution in [0.15, 0.2) is 0 Å². The van der Waals surface area contributed by atoms with Crippen LogP contribution < -0.4 is 10.6 Å². The Balaban J connectivity index is 2.42. The van der Waals surface area contributed by atoms with Gasteiger partial charge in [0.25, 0.3) is 0 Å². The summed E-state index contributed by atoms with van der Waals surface area (Å²) in [5, 5.41) is 14.5. The molecule has 0 radical (unpaired) electrons. The van der Waals surface area contributed by atoms with E-state index in [0.717, 1.165) is 19.3 Å². The number of carbonyl (C=O) groups excluding carboxylic acids is 1. The van der Waals surface area contributed by atoms with Gasteiger partial charge in [0.05, 0.1) is 12.0 Å². The summed E-state index contributed by atoms with van der Waals surface area (Å²) in [6.07, 6.45) is 3.01. The molecular weight excluding hydrogens is 260 g/mol. The molecule has 20 heavy (non-hydrogen) atoms. The molecule has 1 rings (SSSR count). The van der Waals surface area contributed by atoms with E-state index in [4.69, 9.17) is 9.84 Å². The maximum atomic E-state index is 11.9. The summed E-state index contributed by atoms with van der Waals surface area (Å²) in [6, 6.07) is -0.524. The molecule has 0 aromatic rings. The monoisotopic (exact) mass is 286 g/mol. The highest BCUT2D eigenvalue weighted by Crippen LogP contribution is 2.23. The first-order valence-corrected chi connectivity index (χ1v) is 7.25. The SMILES string of the molecule is CCCC(CC(=O)O)NC(=O)NC1CCOC(C)(C)C1. The van der Waals surface area contributed by atoms with Gasteiger partial charge in [-0.1, -0.05) is 13.3 Å². The van der Waals surface area contributed by atoms with Gasteiger partial charge in [-0.2, -0.15) is 0 Å². The molecule has 0 spiro atoms. The zero-order valence-electron chi connectivity index (χ0n) is 12.6. The number of hydrogen-bond donors (Lipinski definition) is 3. The lowest BCUT2D eigenvalue weighted by Gasteiger charge is -2.36. The standard InChI is InChI=1S/C14H26N2O4/c1-4-5-10(8-12(17)18)15-13(19)16-11-6-7-20-14(2,3)9-11/h10-11H,4-9H2,1-3H3,(H,17,18)(H2,15,16,19). The molecular formula is C14H26N2O4. The molecule has 1 aliphatic rings. The molecule has 2 amide bonds. The number of aliphatic carboxylic acids is 1. The molecule has 2 atom stereocenters. The van der Waals surface area contributed by atoms with Crippen LogP contribution in [-0.4, -0.2) is 41.4 Å². The van der Waals surface area contributed by atoms with E-state index in [2.05, 4.69) is 10.6 Å². The van der Waals surface area contributed by atoms with Crippen molar-refractivity contribution in [3.63, 3.8) is 0 Å². The van der Waals surface area contributed by atoms with Crippen LogP contribution in [0.3, 0.4) is 0 Å². The summed E-state index contributed by atoms with van der Waals surface area (Å²) >= 11 is 0. The lowest BCUT2D eigenvalue weighted by molar-refractivity contribution is -0.137. The van der Waals surface area contributed by atoms with E-state index in [9.17, 15) is 9.59 Å². The molecule has 6 nitrogen and oxygen atoms in total. The summed E-state index contributed by atoms with van der Waals surface area (Å²) in [4.78, 5) is 22.7. The summed E-state index contributed by atoms with van der Waals surface area (Å²) in [6.45, 7) is 6.60. The summed E-state index contributed by atoms with van der Waals surface area (Å²) in [7, 11) is 0. The molecule has 2 unspecified atom stereocenters. The molecule has 1 aliphatic heterocycles. The molecule has 6 heteroatoms. The predicted octanol–water partition coefficient (Wildman–Crippen LogP) is 1.89. The van der Waals surface area contributed by atoms with Crippen LogP contribution >= 0.6 is 0 Å². The summed E-state index contributed by atoms with van der Waals surface area (Å²) < 4.78 is 5.60. The maximum absolute atomic E-state index is 11.9. The van der Waals surface area contributed by atoms with E-state index in [1.54, 1.807) is 0 Å². The first kappa shape index (κ1) is 16.8. The minimum Gasteiger partial charge on any atom is -0.481 e. The number of urea groups is 1. The Morgan fingerprint density at radius 2 is 2.15 bits per heavy atom. The van der Waals surface area contributed by atoms with Gasteiger partial charge in [-0.05, 0) is 33.1 Å². The molecule has 1 saturated heterocycles. The highest BCUT2D eigenvalue weighted by molar-refractivity contribution is 5.76. The smallest absolute Gasteiger partial charge is 0.315 e. The van der Waals surface area contributed by atoms with Gasteiger partial charge in [0.1, 0.15) is 0 Å². The average molecular weight is 286 g/mol. The van der Waals surface area contributed by atoms with Gasteiger partial charge in [0.15, 0.2) is 0 Å². The molecule has 116 valence electrons. The lowest BCUT2D eigenvalue weighted by atomic mass is 9.94. The van der Waals surface area contributed by atoms with Gasteiger partial charge >= 0.3 is 12.0 Å². The molecule has 0 saturated carbocycles. The fraction of sp³-hybridized carbons (Fsp3) is 0.857. The fourth-order valence-electron chi connectivity index (χ4n) is 2.55. The van der Waals surface area contributed by atoms with Crippen LogP contribution in [0.4, 0.5) is 4.79 Å². The van der Waals surface area contributed by atoms with Gasteiger partial charge in [-0.15, -0.1) is 0 Å². The first-order chi connectivity index (χ1) is 9.32. The number of ether oxygens (including phenoxy) is 1. The van der Waals surface area contributed by atoms with Crippen molar-refractivity contribution in [3.05, 3.63) is 0 Å². The first-order valence-electron chi connectivity index (χ1n) is 7.25. The average Bonchev–Trinajstić information content (AvgIpc) is 2.26. The number of hydrogen-bond acceptors (Lipinski definition) is 3. The second-order valence-corrected chi connectivity index (χ2v) is 6.00. The third-order valence-electron chi connectivity index (χ3n) is 3.43. The number of carbonyl (C=O) groups is 2. The van der Waals surface area contributed by atoms with Crippen molar-refractivity contribution < 1.29 is 19.4 Å². The highest BCUT2D eigenvalue weighted by Gasteiger charge is 2.30. The second-order valence-electron chi connectivity index (χ2n) is 6.00. The topological polar surface area (TPSA) is 87.7 Å². The molecule has 0 bridgehead atoms. The van der Waals surface area contributed by atoms with Crippen LogP contribution in [0, 0.1) is 0 Å². The van der Waals surface area contributed by atoms with Gasteiger partial charge in [-0.3, -0.25) is 4.79 Å². The van der Waals surface area contributed by atoms with Gasteiger partial charge in [0.2, 0.25) is 0 Å². The molecule has 0 aromatic carbocycles. The van der Waals surface area contributed by atoms with Crippen LogP contribution in [0.5, 0.6) is 0 Å². The van der Waals surface area contributed by atoms with Gasteiger partial charge in [0, 0.05) is 18.7 Å². The number of carboxylic acid groups (broad SMARTS) is 1. The van der Waals surface area contributed by atoms with Crippen LogP contribution in [0.1, 0.15) is 52.9 Å². The summed E-state index contributed by atoms with van der Waals surface area (Å²) in [5.74, 6) is -0.893. The Morgan fingerprint density at radius 3 is 2.70 bits per heavy atom. The van der Waals surface area contributed by atoms with E-state index in [-0.39, 0.29) is 30.1 Å². The number of carboxylic acids is 1. The molecule has 1 fully saturated rings. The Bertz CT molecular complexity index is 344. The van der Waals surface area contributed by atoms with E-state index in [1.165, 1.54) is 0 Å². The fourth-order valence-corrected chi connectivity index (χ4v) is 2.55. The van der Waals surface area contributed by atoms with Crippen molar-refractivity contribution in [3.8, 4) is 0 Å². The van der Waals surface area contributed by atoms with Crippen molar-refractivity contribution in [1.82, 2.24) is 10.6 Å². The second kappa shape index (κ2) is 7.47. The molecule has 3 N–H and O–H groups in total. The maximum Gasteiger partial charge on any atom is 0.315 e. The normalized spacial score (nSPS) is 22.9. The minimum atomic E-state index is -0.893. The number of nitrogens with one attached hydrogen (secondary N) is 2. The van der Waals surface area contributed by atoms with E-state index < -0.39 is 5.97 Å². The van der Waals surface area contributed by atoms with E-state index in [0.29, 0.717) is 13.0 Å². The van der Waals surface area contributed by atoms with Crippen LogP contribution in [0.25, 0.3) is 0 Å². The predicted molar refractivity (Wildman–Crippen MR) is 75.7 cm³/mol. The van der Waals surface area contributed by atoms with Crippen LogP contribution in [0.2, 0.25) is 0 Å². The Morgan fingerprint density at radius 1 is 1.45 bits per heavy atom. The Kier molecular flexibility index (Phi) is 6.26. The molecule has 0 aliphatic carbocycles. The van der Waals surface area contributed by atoms with Crippen molar-refractivity contribution in [2.24, 2.45) is 0 Å². The minimum absolute atomic E-state index is 0.0411. The van der Waals surface area contributed by atoms with E-state index >= 15 is 0 Å². The highest BCUT2D eigenvalue weighted by atomic mass is 16.5. The van der Waals surface area contributed by atoms with Crippen LogP contribution in [-0.2, 0) is 9.53 Å². The van der Waals surface area contributed by atoms with Crippen molar-refractivity contribution in [2.45, 2.75) is 70.6 Å². The largest absolute Gasteiger partial charge is 0.481 e. The third-order valence-corrected chi connectivity index (χ3v) is 3.43. The van der Waals surface area contributed by atoms with Crippen molar-refractivity contribution in [2.75, 3.05) is 6.61 Å². The van der Waals surface area contributed by atoms with E-state index in [1.807, 2.05) is 20.8 Å². The quantitative estimate of drug-likeness (QED) is 0.695. The Hall–Kier alpha value is -1.30. The third kappa shape index (κ3) is 6.23. The molecule has 0 aromatic heterocycles. The number of rotatable bonds is 6. The van der Waals surface area contributed by atoms with Gasteiger partial charge < -0.3 is 20.5 Å². The molecule has 1 heterocycles. The van der Waals surface area contributed by atoms with Gasteiger partial charge in [-0.25, -0.2) is 4.79 Å². The zero-order valence-corrected chi connectivity index (χ0v) is 12.6. The Labute approximate surface area is 120 Å². The van der Waals surface area contributed by atoms with Crippen molar-refractivity contribution in [1.29, 1.82) is 0 Å².